The molecule has 2 heterocycles. The molecule has 2 aromatic carbocycles. The van der Waals surface area contributed by atoms with Gasteiger partial charge in [-0.2, -0.15) is 0 Å². The van der Waals surface area contributed by atoms with Crippen LogP contribution in [0.5, 0.6) is 0 Å². The fourth-order valence-electron chi connectivity index (χ4n) is 4.43. The van der Waals surface area contributed by atoms with Gasteiger partial charge in [0.1, 0.15) is 0 Å². The minimum atomic E-state index is -3.32. The minimum absolute atomic E-state index is 0.0147. The van der Waals surface area contributed by atoms with Crippen LogP contribution >= 0.6 is 0 Å². The third-order valence-electron chi connectivity index (χ3n) is 5.96. The molecule has 0 radical (unpaired) electrons. The van der Waals surface area contributed by atoms with Crippen LogP contribution in [0, 0.1) is 0 Å². The number of nitrogens with one attached hydrogen (secondary N) is 1. The van der Waals surface area contributed by atoms with Gasteiger partial charge in [0.25, 0.3) is 11.8 Å². The zero-order chi connectivity index (χ0) is 23.8. The Labute approximate surface area is 194 Å². The summed E-state index contributed by atoms with van der Waals surface area (Å²) in [4.78, 5) is 27.2. The average Bonchev–Trinajstić information content (AvgIpc) is 3.20. The van der Waals surface area contributed by atoms with Crippen LogP contribution in [0.3, 0.4) is 0 Å². The lowest BCUT2D eigenvalue weighted by atomic mass is 10.1. The van der Waals surface area contributed by atoms with E-state index in [9.17, 15) is 18.0 Å². The molecule has 2 amide bonds. The molecule has 1 N–H and O–H groups in total. The van der Waals surface area contributed by atoms with Crippen molar-refractivity contribution >= 4 is 27.5 Å². The predicted molar refractivity (Wildman–Crippen MR) is 126 cm³/mol. The van der Waals surface area contributed by atoms with Gasteiger partial charge in [-0.15, -0.1) is 0 Å². The number of amides is 2. The van der Waals surface area contributed by atoms with Crippen molar-refractivity contribution in [2.24, 2.45) is 0 Å². The fraction of sp³-hybridized carbons (Fsp3) is 0.417. The molecule has 33 heavy (non-hydrogen) atoms. The van der Waals surface area contributed by atoms with E-state index in [4.69, 9.17) is 4.74 Å². The topological polar surface area (TPSA) is 96.0 Å². The molecule has 2 aromatic rings. The van der Waals surface area contributed by atoms with E-state index in [0.717, 1.165) is 11.1 Å². The molecule has 0 bridgehead atoms. The van der Waals surface area contributed by atoms with E-state index in [-0.39, 0.29) is 24.0 Å². The lowest BCUT2D eigenvalue weighted by molar-refractivity contribution is -0.0586. The van der Waals surface area contributed by atoms with E-state index in [0.29, 0.717) is 49.4 Å². The molecule has 2 atom stereocenters. The SMILES string of the molecule is CC1CN(C(=O)c2ccc(CNC(=O)c3ccc4c(c3)CCN4S(C)(=O)=O)cc2)CC(C)O1. The van der Waals surface area contributed by atoms with Gasteiger partial charge in [-0.05, 0) is 61.7 Å². The van der Waals surface area contributed by atoms with E-state index in [1.165, 1.54) is 10.6 Å². The Bertz CT molecular complexity index is 1150. The predicted octanol–water partition coefficient (Wildman–Crippen LogP) is 2.19. The highest BCUT2D eigenvalue weighted by atomic mass is 32.2. The van der Waals surface area contributed by atoms with Crippen LogP contribution in [-0.2, 0) is 27.7 Å². The summed E-state index contributed by atoms with van der Waals surface area (Å²) in [6.45, 7) is 5.79. The Kier molecular flexibility index (Phi) is 6.45. The molecule has 0 aliphatic carbocycles. The molecule has 0 spiro atoms. The number of morpholine rings is 1. The van der Waals surface area contributed by atoms with E-state index < -0.39 is 10.0 Å². The first kappa shape index (κ1) is 23.3. The van der Waals surface area contributed by atoms with Crippen molar-refractivity contribution < 1.29 is 22.7 Å². The van der Waals surface area contributed by atoms with Crippen molar-refractivity contribution in [1.82, 2.24) is 10.2 Å². The summed E-state index contributed by atoms with van der Waals surface area (Å²) in [6.07, 6.45) is 1.80. The second kappa shape index (κ2) is 9.15. The normalized spacial score (nSPS) is 20.5. The zero-order valence-electron chi connectivity index (χ0n) is 19.1. The molecule has 1 saturated heterocycles. The van der Waals surface area contributed by atoms with Crippen LogP contribution in [-0.4, -0.2) is 63.2 Å². The van der Waals surface area contributed by atoms with Gasteiger partial charge in [-0.1, -0.05) is 12.1 Å². The van der Waals surface area contributed by atoms with E-state index in [1.54, 1.807) is 30.3 Å². The van der Waals surface area contributed by atoms with Crippen LogP contribution in [0.25, 0.3) is 0 Å². The summed E-state index contributed by atoms with van der Waals surface area (Å²) in [5.74, 6) is -0.249. The molecule has 9 heteroatoms. The number of carbonyl (C=O) groups is 2. The second-order valence-electron chi connectivity index (χ2n) is 8.78. The first-order chi connectivity index (χ1) is 15.6. The van der Waals surface area contributed by atoms with Crippen molar-refractivity contribution in [3.63, 3.8) is 0 Å². The van der Waals surface area contributed by atoms with Gasteiger partial charge in [-0.3, -0.25) is 13.9 Å². The molecule has 0 aromatic heterocycles. The van der Waals surface area contributed by atoms with Gasteiger partial charge in [0, 0.05) is 37.3 Å². The first-order valence-corrected chi connectivity index (χ1v) is 12.9. The highest BCUT2D eigenvalue weighted by Crippen LogP contribution is 2.30. The van der Waals surface area contributed by atoms with Crippen LogP contribution in [0.1, 0.15) is 45.7 Å². The van der Waals surface area contributed by atoms with Gasteiger partial charge in [0.05, 0.1) is 24.2 Å². The summed E-state index contributed by atoms with van der Waals surface area (Å²) < 4.78 is 30.8. The monoisotopic (exact) mass is 471 g/mol. The maximum atomic E-state index is 12.8. The molecule has 176 valence electrons. The molecule has 0 saturated carbocycles. The Hall–Kier alpha value is -2.91. The number of rotatable bonds is 5. The number of carbonyl (C=O) groups excluding carboxylic acids is 2. The van der Waals surface area contributed by atoms with Gasteiger partial charge in [-0.25, -0.2) is 8.42 Å². The number of sulfonamides is 1. The van der Waals surface area contributed by atoms with E-state index in [2.05, 4.69) is 5.32 Å². The lowest BCUT2D eigenvalue weighted by Gasteiger charge is -2.35. The number of ether oxygens (including phenoxy) is 1. The molecular weight excluding hydrogens is 442 g/mol. The third kappa shape index (κ3) is 5.20. The minimum Gasteiger partial charge on any atom is -0.372 e. The van der Waals surface area contributed by atoms with Gasteiger partial charge in [0.2, 0.25) is 10.0 Å². The van der Waals surface area contributed by atoms with Crippen molar-refractivity contribution in [3.8, 4) is 0 Å². The van der Waals surface area contributed by atoms with Crippen LogP contribution in [0.4, 0.5) is 5.69 Å². The van der Waals surface area contributed by atoms with Crippen molar-refractivity contribution in [2.75, 3.05) is 30.2 Å². The molecule has 2 aliphatic rings. The largest absolute Gasteiger partial charge is 0.372 e. The Morgan fingerprint density at radius 3 is 2.30 bits per heavy atom. The quantitative estimate of drug-likeness (QED) is 0.721. The summed E-state index contributed by atoms with van der Waals surface area (Å²) in [5, 5.41) is 2.89. The Morgan fingerprint density at radius 2 is 1.67 bits per heavy atom. The van der Waals surface area contributed by atoms with Crippen LogP contribution in [0.15, 0.2) is 42.5 Å². The first-order valence-electron chi connectivity index (χ1n) is 11.0. The summed E-state index contributed by atoms with van der Waals surface area (Å²) in [6, 6.07) is 12.3. The van der Waals surface area contributed by atoms with E-state index in [1.807, 2.05) is 30.9 Å². The smallest absolute Gasteiger partial charge is 0.254 e. The highest BCUT2D eigenvalue weighted by molar-refractivity contribution is 7.92. The number of benzene rings is 2. The van der Waals surface area contributed by atoms with Crippen molar-refractivity contribution in [2.45, 2.75) is 39.0 Å². The van der Waals surface area contributed by atoms with Gasteiger partial charge < -0.3 is 15.0 Å². The Balaban J connectivity index is 1.36. The van der Waals surface area contributed by atoms with Crippen LogP contribution < -0.4 is 9.62 Å². The second-order valence-corrected chi connectivity index (χ2v) is 10.7. The number of hydrogen-bond donors (Lipinski definition) is 1. The van der Waals surface area contributed by atoms with Crippen molar-refractivity contribution in [1.29, 1.82) is 0 Å². The van der Waals surface area contributed by atoms with Crippen molar-refractivity contribution in [3.05, 3.63) is 64.7 Å². The maximum Gasteiger partial charge on any atom is 0.254 e. The number of fused-ring (bicyclic) bond motifs is 1. The summed E-state index contributed by atoms with van der Waals surface area (Å²) in [7, 11) is -3.32. The molecule has 2 unspecified atom stereocenters. The molecule has 1 fully saturated rings. The number of hydrogen-bond acceptors (Lipinski definition) is 5. The maximum absolute atomic E-state index is 12.8. The summed E-state index contributed by atoms with van der Waals surface area (Å²) in [5.41, 5.74) is 3.47. The highest BCUT2D eigenvalue weighted by Gasteiger charge is 2.27. The van der Waals surface area contributed by atoms with E-state index >= 15 is 0 Å². The lowest BCUT2D eigenvalue weighted by Crippen LogP contribution is -2.48. The standard InChI is InChI=1S/C24H29N3O5S/c1-16-14-26(15-17(2)32-16)24(29)19-6-4-18(5-7-19)13-25-23(28)21-8-9-22-20(12-21)10-11-27(22)33(3,30)31/h4-9,12,16-17H,10-11,13-15H2,1-3H3,(H,25,28). The fourth-order valence-corrected chi connectivity index (χ4v) is 5.39. The molecule has 2 aliphatic heterocycles. The van der Waals surface area contributed by atoms with Gasteiger partial charge >= 0.3 is 0 Å². The molecular formula is C24H29N3O5S. The Morgan fingerprint density at radius 1 is 1.03 bits per heavy atom. The average molecular weight is 472 g/mol. The number of nitrogens with zero attached hydrogens (tertiary/aromatic N) is 2. The zero-order valence-corrected chi connectivity index (χ0v) is 19.9. The van der Waals surface area contributed by atoms with Crippen LogP contribution in [0.2, 0.25) is 0 Å². The summed E-state index contributed by atoms with van der Waals surface area (Å²) >= 11 is 0. The third-order valence-corrected chi connectivity index (χ3v) is 7.14. The molecule has 4 rings (SSSR count). The number of anilines is 1. The van der Waals surface area contributed by atoms with Gasteiger partial charge in [0.15, 0.2) is 0 Å². The molecule has 8 nitrogen and oxygen atoms in total.